The normalized spacial score (nSPS) is 17.1. The molecule has 0 saturated heterocycles. The van der Waals surface area contributed by atoms with Crippen LogP contribution < -0.4 is 9.64 Å². The Kier molecular flexibility index (Phi) is 5.48. The van der Waals surface area contributed by atoms with Crippen molar-refractivity contribution in [3.05, 3.63) is 23.8 Å². The van der Waals surface area contributed by atoms with E-state index in [-0.39, 0.29) is 12.1 Å². The number of likely N-dealkylation sites (N-methyl/N-ethyl adjacent to an activating group) is 1. The molecule has 0 saturated carbocycles. The summed E-state index contributed by atoms with van der Waals surface area (Å²) in [6.07, 6.45) is 3.59. The fourth-order valence-electron chi connectivity index (χ4n) is 2.73. The van der Waals surface area contributed by atoms with E-state index in [1.807, 2.05) is 0 Å². The van der Waals surface area contributed by atoms with Crippen LogP contribution in [-0.4, -0.2) is 32.3 Å². The van der Waals surface area contributed by atoms with E-state index in [4.69, 9.17) is 4.74 Å². The molecule has 1 unspecified atom stereocenters. The van der Waals surface area contributed by atoms with E-state index in [1.54, 1.807) is 0 Å². The minimum absolute atomic E-state index is 0.125. The van der Waals surface area contributed by atoms with Crippen molar-refractivity contribution in [3.63, 3.8) is 0 Å². The van der Waals surface area contributed by atoms with Crippen LogP contribution in [0, 0.1) is 0 Å². The van der Waals surface area contributed by atoms with Gasteiger partial charge < -0.3 is 14.4 Å². The molecule has 0 N–H and O–H groups in total. The van der Waals surface area contributed by atoms with Crippen molar-refractivity contribution in [1.29, 1.82) is 0 Å². The zero-order valence-corrected chi connectivity index (χ0v) is 13.2. The number of unbranched alkanes of at least 4 members (excludes halogenated alkanes) is 1. The number of hydrogen-bond donors (Lipinski definition) is 0. The zero-order chi connectivity index (χ0) is 15.2. The van der Waals surface area contributed by atoms with Crippen molar-refractivity contribution in [1.82, 2.24) is 0 Å². The molecule has 1 aromatic carbocycles. The van der Waals surface area contributed by atoms with Gasteiger partial charge in [-0.25, -0.2) is 0 Å². The summed E-state index contributed by atoms with van der Waals surface area (Å²) in [5.41, 5.74) is 2.50. The largest absolute Gasteiger partial charge is 0.487 e. The van der Waals surface area contributed by atoms with Gasteiger partial charge >= 0.3 is 5.97 Å². The number of esters is 1. The van der Waals surface area contributed by atoms with Gasteiger partial charge in [0.15, 0.2) is 0 Å². The van der Waals surface area contributed by atoms with Crippen LogP contribution in [0.4, 0.5) is 5.69 Å². The molecular formula is C17H25NO3. The first-order valence-corrected chi connectivity index (χ1v) is 7.75. The van der Waals surface area contributed by atoms with Crippen molar-refractivity contribution in [2.75, 3.05) is 25.1 Å². The van der Waals surface area contributed by atoms with Crippen molar-refractivity contribution in [2.45, 2.75) is 45.6 Å². The average Bonchev–Trinajstić information content (AvgIpc) is 2.50. The number of carbonyl (C=O) groups is 1. The van der Waals surface area contributed by atoms with E-state index in [0.29, 0.717) is 6.42 Å². The van der Waals surface area contributed by atoms with Crippen LogP contribution in [0.1, 0.15) is 38.7 Å². The molecule has 0 aliphatic carbocycles. The number of fused-ring (bicyclic) bond motifs is 1. The van der Waals surface area contributed by atoms with Crippen LogP contribution in [0.2, 0.25) is 0 Å². The summed E-state index contributed by atoms with van der Waals surface area (Å²) in [5, 5.41) is 0. The monoisotopic (exact) mass is 291 g/mol. The molecule has 0 radical (unpaired) electrons. The van der Waals surface area contributed by atoms with E-state index in [0.717, 1.165) is 38.1 Å². The van der Waals surface area contributed by atoms with Gasteiger partial charge in [-0.15, -0.1) is 0 Å². The lowest BCUT2D eigenvalue weighted by Crippen LogP contribution is -2.38. The maximum Gasteiger partial charge on any atom is 0.305 e. The first-order valence-electron chi connectivity index (χ1n) is 7.75. The van der Waals surface area contributed by atoms with Gasteiger partial charge in [0, 0.05) is 13.0 Å². The molecule has 1 aromatic rings. The molecule has 1 atom stereocenters. The maximum atomic E-state index is 11.1. The van der Waals surface area contributed by atoms with Crippen molar-refractivity contribution >= 4 is 11.7 Å². The quantitative estimate of drug-likeness (QED) is 0.596. The average molecular weight is 291 g/mol. The SMILES string of the molecule is CCN1CC(C)Oc2ccc(CCCCC(=O)OC)cc21. The van der Waals surface area contributed by atoms with Crippen molar-refractivity contribution < 1.29 is 14.3 Å². The number of ether oxygens (including phenoxy) is 2. The number of hydrogen-bond acceptors (Lipinski definition) is 4. The number of rotatable bonds is 6. The molecule has 0 amide bonds. The molecular weight excluding hydrogens is 266 g/mol. The molecule has 4 heteroatoms. The van der Waals surface area contributed by atoms with E-state index in [2.05, 4.69) is 41.7 Å². The molecule has 4 nitrogen and oxygen atoms in total. The van der Waals surface area contributed by atoms with Crippen molar-refractivity contribution in [3.8, 4) is 5.75 Å². The second kappa shape index (κ2) is 7.34. The predicted octanol–water partition coefficient (Wildman–Crippen LogP) is 3.18. The highest BCUT2D eigenvalue weighted by molar-refractivity contribution is 5.69. The lowest BCUT2D eigenvalue weighted by atomic mass is 10.0. The number of anilines is 1. The summed E-state index contributed by atoms with van der Waals surface area (Å²) in [6.45, 7) is 6.21. The number of carbonyl (C=O) groups excluding carboxylic acids is 1. The van der Waals surface area contributed by atoms with E-state index in [9.17, 15) is 4.79 Å². The Hall–Kier alpha value is -1.71. The molecule has 116 valence electrons. The molecule has 0 spiro atoms. The summed E-state index contributed by atoms with van der Waals surface area (Å²) in [4.78, 5) is 13.4. The van der Waals surface area contributed by atoms with Crippen LogP contribution in [0.5, 0.6) is 5.75 Å². The summed E-state index contributed by atoms with van der Waals surface area (Å²) in [5.74, 6) is 0.855. The van der Waals surface area contributed by atoms with Crippen molar-refractivity contribution in [2.24, 2.45) is 0 Å². The highest BCUT2D eigenvalue weighted by Gasteiger charge is 2.21. The molecule has 2 rings (SSSR count). The van der Waals surface area contributed by atoms with Gasteiger partial charge in [-0.1, -0.05) is 6.07 Å². The van der Waals surface area contributed by atoms with Gasteiger partial charge in [-0.3, -0.25) is 4.79 Å². The molecule has 1 aliphatic heterocycles. The Morgan fingerprint density at radius 3 is 2.95 bits per heavy atom. The van der Waals surface area contributed by atoms with E-state index >= 15 is 0 Å². The Bertz CT molecular complexity index is 487. The third kappa shape index (κ3) is 4.13. The van der Waals surface area contributed by atoms with Gasteiger partial charge in [0.25, 0.3) is 0 Å². The third-order valence-corrected chi connectivity index (χ3v) is 3.88. The predicted molar refractivity (Wildman–Crippen MR) is 84.0 cm³/mol. The Morgan fingerprint density at radius 2 is 2.24 bits per heavy atom. The fourth-order valence-corrected chi connectivity index (χ4v) is 2.73. The second-order valence-corrected chi connectivity index (χ2v) is 5.55. The topological polar surface area (TPSA) is 38.8 Å². The number of benzene rings is 1. The van der Waals surface area contributed by atoms with Gasteiger partial charge in [-0.2, -0.15) is 0 Å². The highest BCUT2D eigenvalue weighted by Crippen LogP contribution is 2.34. The Morgan fingerprint density at radius 1 is 1.43 bits per heavy atom. The minimum atomic E-state index is -0.125. The van der Waals surface area contributed by atoms with Gasteiger partial charge in [-0.05, 0) is 50.8 Å². The molecule has 1 heterocycles. The molecule has 0 fully saturated rings. The maximum absolute atomic E-state index is 11.1. The van der Waals surface area contributed by atoms with Crippen LogP contribution >= 0.6 is 0 Å². The third-order valence-electron chi connectivity index (χ3n) is 3.88. The smallest absolute Gasteiger partial charge is 0.305 e. The lowest BCUT2D eigenvalue weighted by molar-refractivity contribution is -0.140. The molecule has 21 heavy (non-hydrogen) atoms. The number of methoxy groups -OCH3 is 1. The van der Waals surface area contributed by atoms with Crippen LogP contribution in [-0.2, 0) is 16.0 Å². The van der Waals surface area contributed by atoms with Crippen LogP contribution in [0.25, 0.3) is 0 Å². The van der Waals surface area contributed by atoms with E-state index < -0.39 is 0 Å². The summed E-state index contributed by atoms with van der Waals surface area (Å²) >= 11 is 0. The number of nitrogens with zero attached hydrogens (tertiary/aromatic N) is 1. The fraction of sp³-hybridized carbons (Fsp3) is 0.588. The summed E-state index contributed by atoms with van der Waals surface area (Å²) in [6, 6.07) is 6.43. The van der Waals surface area contributed by atoms with Gasteiger partial charge in [0.05, 0.1) is 19.3 Å². The summed E-state index contributed by atoms with van der Waals surface area (Å²) in [7, 11) is 1.44. The van der Waals surface area contributed by atoms with Gasteiger partial charge in [0.1, 0.15) is 11.9 Å². The first-order chi connectivity index (χ1) is 10.1. The second-order valence-electron chi connectivity index (χ2n) is 5.55. The molecule has 0 aromatic heterocycles. The number of aryl methyl sites for hydroxylation is 1. The zero-order valence-electron chi connectivity index (χ0n) is 13.2. The Balaban J connectivity index is 1.95. The lowest BCUT2D eigenvalue weighted by Gasteiger charge is -2.34. The van der Waals surface area contributed by atoms with E-state index in [1.165, 1.54) is 18.4 Å². The standard InChI is InChI=1S/C17H25NO3/c1-4-18-12-13(2)21-16-10-9-14(11-15(16)18)7-5-6-8-17(19)20-3/h9-11,13H,4-8,12H2,1-3H3. The van der Waals surface area contributed by atoms with Crippen LogP contribution in [0.15, 0.2) is 18.2 Å². The molecule has 0 bridgehead atoms. The molecule has 1 aliphatic rings. The van der Waals surface area contributed by atoms with Crippen LogP contribution in [0.3, 0.4) is 0 Å². The minimum Gasteiger partial charge on any atom is -0.487 e. The Labute approximate surface area is 127 Å². The van der Waals surface area contributed by atoms with Gasteiger partial charge in [0.2, 0.25) is 0 Å². The summed E-state index contributed by atoms with van der Waals surface area (Å²) < 4.78 is 10.5. The highest BCUT2D eigenvalue weighted by atomic mass is 16.5. The first kappa shape index (κ1) is 15.7.